The van der Waals surface area contributed by atoms with Crippen molar-refractivity contribution in [1.82, 2.24) is 9.97 Å². The highest BCUT2D eigenvalue weighted by atomic mass is 16.1. The number of hydrogen-bond donors (Lipinski definition) is 0. The summed E-state index contributed by atoms with van der Waals surface area (Å²) in [4.78, 5) is 20.8. The van der Waals surface area contributed by atoms with Gasteiger partial charge in [0.1, 0.15) is 0 Å². The lowest BCUT2D eigenvalue weighted by Crippen LogP contribution is -2.01. The van der Waals surface area contributed by atoms with Gasteiger partial charge in [-0.15, -0.1) is 0 Å². The smallest absolute Gasteiger partial charge is 0.161 e. The van der Waals surface area contributed by atoms with Crippen molar-refractivity contribution in [1.29, 1.82) is 0 Å². The SMILES string of the molecule is CC(=O)c1cc2c(nc1C)c(C)nc1ccccc12. The molecule has 0 spiro atoms. The van der Waals surface area contributed by atoms with Gasteiger partial charge >= 0.3 is 0 Å². The fourth-order valence-electron chi connectivity index (χ4n) is 2.48. The Labute approximate surface area is 111 Å². The minimum Gasteiger partial charge on any atom is -0.294 e. The molecular weight excluding hydrogens is 236 g/mol. The van der Waals surface area contributed by atoms with Crippen LogP contribution in [0.3, 0.4) is 0 Å². The van der Waals surface area contributed by atoms with Crippen LogP contribution in [0.25, 0.3) is 21.8 Å². The molecule has 0 bridgehead atoms. The van der Waals surface area contributed by atoms with E-state index in [1.807, 2.05) is 44.2 Å². The predicted molar refractivity (Wildman–Crippen MR) is 76.5 cm³/mol. The standard InChI is InChI=1S/C16H14N2O/c1-9-13(11(3)19)8-14-12-6-4-5-7-15(12)17-10(2)16(14)18-9/h4-8H,1-3H3. The van der Waals surface area contributed by atoms with Gasteiger partial charge in [-0.05, 0) is 32.9 Å². The average molecular weight is 250 g/mol. The lowest BCUT2D eigenvalue weighted by molar-refractivity contribution is 0.101. The zero-order valence-electron chi connectivity index (χ0n) is 11.2. The normalized spacial score (nSPS) is 11.1. The van der Waals surface area contributed by atoms with Gasteiger partial charge in [0.05, 0.1) is 16.7 Å². The van der Waals surface area contributed by atoms with Crippen LogP contribution in [-0.4, -0.2) is 15.8 Å². The van der Waals surface area contributed by atoms with E-state index in [1.54, 1.807) is 6.92 Å². The van der Waals surface area contributed by atoms with Gasteiger partial charge in [0.15, 0.2) is 5.78 Å². The summed E-state index contributed by atoms with van der Waals surface area (Å²) in [5, 5.41) is 2.04. The number of carbonyl (C=O) groups is 1. The minimum atomic E-state index is 0.0467. The van der Waals surface area contributed by atoms with Gasteiger partial charge in [-0.3, -0.25) is 14.8 Å². The Morgan fingerprint density at radius 3 is 2.47 bits per heavy atom. The maximum absolute atomic E-state index is 11.7. The molecule has 0 atom stereocenters. The van der Waals surface area contributed by atoms with Crippen LogP contribution in [0.1, 0.15) is 28.7 Å². The van der Waals surface area contributed by atoms with Crippen molar-refractivity contribution in [3.63, 3.8) is 0 Å². The number of Topliss-reactive ketones (excluding diaryl/α,β-unsaturated/α-hetero) is 1. The van der Waals surface area contributed by atoms with Gasteiger partial charge in [0, 0.05) is 22.0 Å². The molecule has 1 aromatic carbocycles. The predicted octanol–water partition coefficient (Wildman–Crippen LogP) is 3.60. The van der Waals surface area contributed by atoms with E-state index in [4.69, 9.17) is 0 Å². The summed E-state index contributed by atoms with van der Waals surface area (Å²) >= 11 is 0. The fourth-order valence-corrected chi connectivity index (χ4v) is 2.48. The molecule has 0 aliphatic carbocycles. The van der Waals surface area contributed by atoms with E-state index in [0.29, 0.717) is 5.56 Å². The van der Waals surface area contributed by atoms with Crippen LogP contribution in [0.5, 0.6) is 0 Å². The van der Waals surface area contributed by atoms with Crippen LogP contribution in [0, 0.1) is 13.8 Å². The minimum absolute atomic E-state index is 0.0467. The average Bonchev–Trinajstić information content (AvgIpc) is 2.38. The van der Waals surface area contributed by atoms with Gasteiger partial charge in [0.2, 0.25) is 0 Å². The highest BCUT2D eigenvalue weighted by Gasteiger charge is 2.12. The Hall–Kier alpha value is -2.29. The van der Waals surface area contributed by atoms with Gasteiger partial charge in [-0.25, -0.2) is 0 Å². The second-order valence-electron chi connectivity index (χ2n) is 4.79. The largest absolute Gasteiger partial charge is 0.294 e. The number of carbonyl (C=O) groups excluding carboxylic acids is 1. The fraction of sp³-hybridized carbons (Fsp3) is 0.188. The van der Waals surface area contributed by atoms with Crippen molar-refractivity contribution in [3.05, 3.63) is 47.3 Å². The van der Waals surface area contributed by atoms with Crippen LogP contribution in [-0.2, 0) is 0 Å². The van der Waals surface area contributed by atoms with Crippen LogP contribution in [0.15, 0.2) is 30.3 Å². The number of hydrogen-bond acceptors (Lipinski definition) is 3. The molecule has 3 aromatic rings. The molecule has 19 heavy (non-hydrogen) atoms. The first-order valence-corrected chi connectivity index (χ1v) is 6.25. The van der Waals surface area contributed by atoms with Gasteiger partial charge in [-0.1, -0.05) is 18.2 Å². The maximum atomic E-state index is 11.7. The Balaban J connectivity index is 2.54. The molecule has 0 aliphatic rings. The van der Waals surface area contributed by atoms with Crippen LogP contribution < -0.4 is 0 Å². The van der Waals surface area contributed by atoms with E-state index >= 15 is 0 Å². The summed E-state index contributed by atoms with van der Waals surface area (Å²) in [6.45, 7) is 5.39. The zero-order chi connectivity index (χ0) is 13.6. The van der Waals surface area contributed by atoms with Gasteiger partial charge in [0.25, 0.3) is 0 Å². The monoisotopic (exact) mass is 250 g/mol. The summed E-state index contributed by atoms with van der Waals surface area (Å²) in [5.41, 5.74) is 4.16. The van der Waals surface area contributed by atoms with Crippen molar-refractivity contribution in [2.24, 2.45) is 0 Å². The highest BCUT2D eigenvalue weighted by molar-refractivity contribution is 6.08. The molecular formula is C16H14N2O. The lowest BCUT2D eigenvalue weighted by atomic mass is 10.0. The molecule has 3 rings (SSSR count). The van der Waals surface area contributed by atoms with Gasteiger partial charge in [-0.2, -0.15) is 0 Å². The molecule has 0 radical (unpaired) electrons. The third-order valence-electron chi connectivity index (χ3n) is 3.42. The maximum Gasteiger partial charge on any atom is 0.161 e. The second kappa shape index (κ2) is 4.12. The van der Waals surface area contributed by atoms with E-state index < -0.39 is 0 Å². The number of rotatable bonds is 1. The summed E-state index contributed by atoms with van der Waals surface area (Å²) < 4.78 is 0. The Morgan fingerprint density at radius 1 is 1.00 bits per heavy atom. The molecule has 0 aliphatic heterocycles. The molecule has 0 amide bonds. The number of aryl methyl sites for hydroxylation is 2. The van der Waals surface area contributed by atoms with E-state index in [0.717, 1.165) is 33.2 Å². The first kappa shape index (κ1) is 11.8. The Morgan fingerprint density at radius 2 is 1.74 bits per heavy atom. The van der Waals surface area contributed by atoms with Crippen LogP contribution in [0.2, 0.25) is 0 Å². The third-order valence-corrected chi connectivity index (χ3v) is 3.42. The van der Waals surface area contributed by atoms with Crippen molar-refractivity contribution in [2.75, 3.05) is 0 Å². The molecule has 2 aromatic heterocycles. The summed E-state index contributed by atoms with van der Waals surface area (Å²) in [5.74, 6) is 0.0467. The molecule has 3 nitrogen and oxygen atoms in total. The van der Waals surface area contributed by atoms with E-state index in [1.165, 1.54) is 0 Å². The third kappa shape index (κ3) is 1.78. The number of pyridine rings is 2. The van der Waals surface area contributed by atoms with Gasteiger partial charge < -0.3 is 0 Å². The summed E-state index contributed by atoms with van der Waals surface area (Å²) in [6.07, 6.45) is 0. The Bertz CT molecular complexity index is 822. The first-order chi connectivity index (χ1) is 9.08. The number of nitrogens with zero attached hydrogens (tertiary/aromatic N) is 2. The van der Waals surface area contributed by atoms with Crippen molar-refractivity contribution < 1.29 is 4.79 Å². The number of ketones is 1. The topological polar surface area (TPSA) is 42.9 Å². The van der Waals surface area contributed by atoms with E-state index in [2.05, 4.69) is 9.97 Å². The van der Waals surface area contributed by atoms with E-state index in [-0.39, 0.29) is 5.78 Å². The lowest BCUT2D eigenvalue weighted by Gasteiger charge is -2.09. The number of benzene rings is 1. The summed E-state index contributed by atoms with van der Waals surface area (Å²) in [6, 6.07) is 9.89. The molecule has 0 saturated heterocycles. The first-order valence-electron chi connectivity index (χ1n) is 6.25. The van der Waals surface area contributed by atoms with Crippen molar-refractivity contribution >= 4 is 27.6 Å². The van der Waals surface area contributed by atoms with Crippen molar-refractivity contribution in [3.8, 4) is 0 Å². The molecule has 0 unspecified atom stereocenters. The van der Waals surface area contributed by atoms with Crippen molar-refractivity contribution in [2.45, 2.75) is 20.8 Å². The molecule has 2 heterocycles. The molecule has 0 saturated carbocycles. The highest BCUT2D eigenvalue weighted by Crippen LogP contribution is 2.26. The quantitative estimate of drug-likeness (QED) is 0.489. The molecule has 0 fully saturated rings. The van der Waals surface area contributed by atoms with Crippen LogP contribution >= 0.6 is 0 Å². The number of aromatic nitrogens is 2. The zero-order valence-corrected chi connectivity index (χ0v) is 11.2. The van der Waals surface area contributed by atoms with E-state index in [9.17, 15) is 4.79 Å². The number of fused-ring (bicyclic) bond motifs is 3. The molecule has 94 valence electrons. The Kier molecular flexibility index (Phi) is 2.56. The second-order valence-corrected chi connectivity index (χ2v) is 4.79. The molecule has 0 N–H and O–H groups in total. The molecule has 3 heteroatoms. The van der Waals surface area contributed by atoms with Crippen LogP contribution in [0.4, 0.5) is 0 Å². The number of para-hydroxylation sites is 1. The summed E-state index contributed by atoms with van der Waals surface area (Å²) in [7, 11) is 0.